The first kappa shape index (κ1) is 19.7. The SMILES string of the molecule is O=C(CS(=O)(=O)C=Cc1ccccc1)N1CCCN(Cc2nccs2)CC1. The van der Waals surface area contributed by atoms with Crippen LogP contribution in [-0.4, -0.2) is 61.0 Å². The number of carbonyl (C=O) groups is 1. The fraction of sp³-hybridized carbons (Fsp3) is 0.368. The number of hydrogen-bond acceptors (Lipinski definition) is 6. The zero-order chi connectivity index (χ0) is 19.1. The molecule has 144 valence electrons. The summed E-state index contributed by atoms with van der Waals surface area (Å²) in [5, 5.41) is 4.15. The van der Waals surface area contributed by atoms with Crippen molar-refractivity contribution >= 4 is 33.2 Å². The molecule has 0 spiro atoms. The van der Waals surface area contributed by atoms with Crippen LogP contribution in [0.5, 0.6) is 0 Å². The average molecular weight is 406 g/mol. The Labute approximate surface area is 164 Å². The van der Waals surface area contributed by atoms with E-state index in [1.54, 1.807) is 22.4 Å². The number of aromatic nitrogens is 1. The first-order valence-corrected chi connectivity index (χ1v) is 11.5. The van der Waals surface area contributed by atoms with Crippen molar-refractivity contribution in [2.24, 2.45) is 0 Å². The van der Waals surface area contributed by atoms with Crippen molar-refractivity contribution in [1.29, 1.82) is 0 Å². The van der Waals surface area contributed by atoms with Crippen molar-refractivity contribution in [3.05, 3.63) is 57.9 Å². The van der Waals surface area contributed by atoms with Crippen molar-refractivity contribution in [3.63, 3.8) is 0 Å². The van der Waals surface area contributed by atoms with Gasteiger partial charge in [0, 0.05) is 43.2 Å². The summed E-state index contributed by atoms with van der Waals surface area (Å²) in [6.45, 7) is 3.51. The number of hydrogen-bond donors (Lipinski definition) is 0. The summed E-state index contributed by atoms with van der Waals surface area (Å²) in [6.07, 6.45) is 4.15. The van der Waals surface area contributed by atoms with Crippen LogP contribution in [0.15, 0.2) is 47.3 Å². The molecule has 1 aliphatic heterocycles. The topological polar surface area (TPSA) is 70.6 Å². The summed E-state index contributed by atoms with van der Waals surface area (Å²) in [4.78, 5) is 20.7. The van der Waals surface area contributed by atoms with E-state index in [0.717, 1.165) is 42.0 Å². The molecule has 1 aromatic carbocycles. The predicted molar refractivity (Wildman–Crippen MR) is 108 cm³/mol. The maximum absolute atomic E-state index is 12.5. The molecule has 0 saturated carbocycles. The molecule has 1 fully saturated rings. The van der Waals surface area contributed by atoms with Crippen molar-refractivity contribution in [3.8, 4) is 0 Å². The molecule has 0 radical (unpaired) electrons. The maximum Gasteiger partial charge on any atom is 0.238 e. The van der Waals surface area contributed by atoms with Gasteiger partial charge in [0.2, 0.25) is 5.91 Å². The minimum atomic E-state index is -3.59. The van der Waals surface area contributed by atoms with Crippen LogP contribution in [-0.2, 0) is 21.2 Å². The van der Waals surface area contributed by atoms with Crippen LogP contribution in [0.1, 0.15) is 17.0 Å². The van der Waals surface area contributed by atoms with Crippen molar-refractivity contribution in [2.75, 3.05) is 31.9 Å². The van der Waals surface area contributed by atoms with Gasteiger partial charge >= 0.3 is 0 Å². The Morgan fingerprint density at radius 2 is 1.96 bits per heavy atom. The monoisotopic (exact) mass is 405 g/mol. The minimum absolute atomic E-state index is 0.330. The Kier molecular flexibility index (Phi) is 6.76. The van der Waals surface area contributed by atoms with Crippen LogP contribution in [0, 0.1) is 0 Å². The van der Waals surface area contributed by atoms with Gasteiger partial charge in [-0.05, 0) is 18.1 Å². The van der Waals surface area contributed by atoms with Crippen LogP contribution in [0.2, 0.25) is 0 Å². The molecular weight excluding hydrogens is 382 g/mol. The fourth-order valence-electron chi connectivity index (χ4n) is 2.96. The molecule has 1 saturated heterocycles. The third-order valence-corrected chi connectivity index (χ3v) is 6.34. The van der Waals surface area contributed by atoms with E-state index in [1.807, 2.05) is 35.7 Å². The molecule has 0 unspecified atom stereocenters. The zero-order valence-electron chi connectivity index (χ0n) is 15.0. The molecule has 1 amide bonds. The summed E-state index contributed by atoms with van der Waals surface area (Å²) in [7, 11) is -3.59. The lowest BCUT2D eigenvalue weighted by molar-refractivity contribution is -0.128. The molecule has 0 aliphatic carbocycles. The average Bonchev–Trinajstić information content (AvgIpc) is 3.04. The molecule has 2 aromatic rings. The lowest BCUT2D eigenvalue weighted by atomic mass is 10.2. The molecule has 0 N–H and O–H groups in total. The highest BCUT2D eigenvalue weighted by Crippen LogP contribution is 2.12. The second kappa shape index (κ2) is 9.25. The summed E-state index contributed by atoms with van der Waals surface area (Å²) in [5.74, 6) is -0.813. The maximum atomic E-state index is 12.5. The third-order valence-electron chi connectivity index (χ3n) is 4.38. The minimum Gasteiger partial charge on any atom is -0.340 e. The highest BCUT2D eigenvalue weighted by atomic mass is 32.2. The van der Waals surface area contributed by atoms with Crippen molar-refractivity contribution < 1.29 is 13.2 Å². The van der Waals surface area contributed by atoms with Crippen molar-refractivity contribution in [2.45, 2.75) is 13.0 Å². The molecule has 27 heavy (non-hydrogen) atoms. The first-order valence-electron chi connectivity index (χ1n) is 8.86. The van der Waals surface area contributed by atoms with E-state index in [0.29, 0.717) is 13.1 Å². The van der Waals surface area contributed by atoms with Crippen LogP contribution < -0.4 is 0 Å². The van der Waals surface area contributed by atoms with Crippen LogP contribution in [0.4, 0.5) is 0 Å². The van der Waals surface area contributed by atoms with Gasteiger partial charge in [-0.2, -0.15) is 0 Å². The Morgan fingerprint density at radius 1 is 1.15 bits per heavy atom. The molecule has 8 heteroatoms. The zero-order valence-corrected chi connectivity index (χ0v) is 16.7. The van der Waals surface area contributed by atoms with E-state index in [1.165, 1.54) is 6.08 Å². The molecule has 1 aliphatic rings. The van der Waals surface area contributed by atoms with Crippen LogP contribution in [0.3, 0.4) is 0 Å². The molecular formula is C19H23N3O3S2. The number of sulfone groups is 1. The van der Waals surface area contributed by atoms with Gasteiger partial charge in [-0.15, -0.1) is 11.3 Å². The molecule has 0 atom stereocenters. The summed E-state index contributed by atoms with van der Waals surface area (Å²) >= 11 is 1.62. The highest BCUT2D eigenvalue weighted by Gasteiger charge is 2.23. The number of benzene rings is 1. The Morgan fingerprint density at radius 3 is 2.70 bits per heavy atom. The van der Waals surface area contributed by atoms with E-state index in [4.69, 9.17) is 0 Å². The molecule has 1 aromatic heterocycles. The molecule has 3 rings (SSSR count). The van der Waals surface area contributed by atoms with E-state index in [-0.39, 0.29) is 5.91 Å². The van der Waals surface area contributed by atoms with Gasteiger partial charge in [0.15, 0.2) is 9.84 Å². The quantitative estimate of drug-likeness (QED) is 0.737. The van der Waals surface area contributed by atoms with Gasteiger partial charge in [-0.1, -0.05) is 30.3 Å². The second-order valence-corrected chi connectivity index (χ2v) is 9.32. The normalized spacial score (nSPS) is 16.5. The summed E-state index contributed by atoms with van der Waals surface area (Å²) in [5.41, 5.74) is 0.793. The largest absolute Gasteiger partial charge is 0.340 e. The lowest BCUT2D eigenvalue weighted by Gasteiger charge is -2.21. The number of nitrogens with zero attached hydrogens (tertiary/aromatic N) is 3. The van der Waals surface area contributed by atoms with E-state index in [2.05, 4.69) is 9.88 Å². The molecule has 0 bridgehead atoms. The summed E-state index contributed by atoms with van der Waals surface area (Å²) in [6, 6.07) is 9.18. The van der Waals surface area contributed by atoms with Gasteiger partial charge in [0.25, 0.3) is 0 Å². The number of amides is 1. The third kappa shape index (κ3) is 6.27. The predicted octanol–water partition coefficient (Wildman–Crippen LogP) is 2.26. The fourth-order valence-corrected chi connectivity index (χ4v) is 4.60. The van der Waals surface area contributed by atoms with E-state index in [9.17, 15) is 13.2 Å². The van der Waals surface area contributed by atoms with E-state index >= 15 is 0 Å². The Balaban J connectivity index is 1.53. The van der Waals surface area contributed by atoms with E-state index < -0.39 is 15.6 Å². The standard InChI is InChI=1S/C19H23N3O3S2/c23-19(16-27(24,25)14-7-17-5-2-1-3-6-17)22-10-4-9-21(11-12-22)15-18-20-8-13-26-18/h1-3,5-8,13-14H,4,9-12,15-16H2. The van der Waals surface area contributed by atoms with Crippen molar-refractivity contribution in [1.82, 2.24) is 14.8 Å². The van der Waals surface area contributed by atoms with Crippen LogP contribution in [0.25, 0.3) is 6.08 Å². The molecule has 6 nitrogen and oxygen atoms in total. The smallest absolute Gasteiger partial charge is 0.238 e. The lowest BCUT2D eigenvalue weighted by Crippen LogP contribution is -2.38. The Hall–Kier alpha value is -2.03. The second-order valence-electron chi connectivity index (χ2n) is 6.46. The number of rotatable bonds is 6. The van der Waals surface area contributed by atoms with Crippen LogP contribution >= 0.6 is 11.3 Å². The Bertz CT molecular complexity index is 865. The first-order chi connectivity index (χ1) is 13.0. The summed E-state index contributed by atoms with van der Waals surface area (Å²) < 4.78 is 24.5. The van der Waals surface area contributed by atoms with Gasteiger partial charge < -0.3 is 4.90 Å². The number of thiazole rings is 1. The van der Waals surface area contributed by atoms with Gasteiger partial charge in [0.1, 0.15) is 10.8 Å². The van der Waals surface area contributed by atoms with Gasteiger partial charge in [-0.25, -0.2) is 13.4 Å². The number of carbonyl (C=O) groups excluding carboxylic acids is 1. The van der Waals surface area contributed by atoms with Gasteiger partial charge in [0.05, 0.1) is 6.54 Å². The molecule has 2 heterocycles. The van der Waals surface area contributed by atoms with Gasteiger partial charge in [-0.3, -0.25) is 9.69 Å². The highest BCUT2D eigenvalue weighted by molar-refractivity contribution is 7.95.